The van der Waals surface area contributed by atoms with Crippen molar-refractivity contribution >= 4 is 29.3 Å². The predicted octanol–water partition coefficient (Wildman–Crippen LogP) is 4.09. The number of Topliss-reactive ketones (excluding diaryl/α,β-unsaturated/α-hetero) is 1. The van der Waals surface area contributed by atoms with Gasteiger partial charge in [-0.1, -0.05) is 13.8 Å². The van der Waals surface area contributed by atoms with E-state index in [2.05, 4.69) is 20.1 Å². The van der Waals surface area contributed by atoms with E-state index in [1.165, 1.54) is 23.5 Å². The zero-order chi connectivity index (χ0) is 11.9. The number of thioether (sulfide) groups is 2. The van der Waals surface area contributed by atoms with Crippen molar-refractivity contribution in [1.82, 2.24) is 0 Å². The molecule has 1 aliphatic heterocycles. The van der Waals surface area contributed by atoms with Crippen LogP contribution in [0.3, 0.4) is 0 Å². The van der Waals surface area contributed by atoms with Crippen molar-refractivity contribution in [2.45, 2.75) is 45.3 Å². The van der Waals surface area contributed by atoms with Gasteiger partial charge in [-0.2, -0.15) is 0 Å². The maximum Gasteiger partial charge on any atom is 0.143 e. The van der Waals surface area contributed by atoms with Crippen LogP contribution in [0.5, 0.6) is 0 Å². The smallest absolute Gasteiger partial charge is 0.143 e. The molecule has 90 valence electrons. The van der Waals surface area contributed by atoms with Crippen LogP contribution in [0.25, 0.3) is 0 Å². The molecule has 1 heterocycles. The van der Waals surface area contributed by atoms with Gasteiger partial charge in [0.05, 0.1) is 5.25 Å². The van der Waals surface area contributed by atoms with E-state index < -0.39 is 0 Å². The summed E-state index contributed by atoms with van der Waals surface area (Å²) >= 11 is 3.65. The number of fused-ring (bicyclic) bond motifs is 1. The summed E-state index contributed by atoms with van der Waals surface area (Å²) in [5, 5.41) is 0.216. The van der Waals surface area contributed by atoms with Crippen LogP contribution in [0, 0.1) is 11.3 Å². The second kappa shape index (κ2) is 4.41. The second-order valence-electron chi connectivity index (χ2n) is 5.65. The van der Waals surface area contributed by atoms with Crippen LogP contribution in [0.15, 0.2) is 9.81 Å². The Morgan fingerprint density at radius 3 is 2.75 bits per heavy atom. The quantitative estimate of drug-likeness (QED) is 0.740. The van der Waals surface area contributed by atoms with Crippen LogP contribution >= 0.6 is 23.5 Å². The van der Waals surface area contributed by atoms with Crippen LogP contribution in [0.4, 0.5) is 0 Å². The van der Waals surface area contributed by atoms with Gasteiger partial charge >= 0.3 is 0 Å². The lowest BCUT2D eigenvalue weighted by Gasteiger charge is -2.36. The number of carbonyl (C=O) groups excluding carboxylic acids is 1. The molecule has 1 aliphatic carbocycles. The predicted molar refractivity (Wildman–Crippen MR) is 73.7 cm³/mol. The minimum Gasteiger partial charge on any atom is -0.299 e. The Morgan fingerprint density at radius 2 is 2.19 bits per heavy atom. The molecule has 1 saturated carbocycles. The minimum absolute atomic E-state index is 0.216. The third-order valence-corrected chi connectivity index (χ3v) is 6.51. The molecule has 0 bridgehead atoms. The molecule has 16 heavy (non-hydrogen) atoms. The lowest BCUT2D eigenvalue weighted by Crippen LogP contribution is -2.30. The number of rotatable bonds is 2. The minimum atomic E-state index is 0.216. The molecular formula is C13H20OS2. The molecule has 2 rings (SSSR count). The van der Waals surface area contributed by atoms with Crippen LogP contribution in [-0.4, -0.2) is 17.3 Å². The molecular weight excluding hydrogens is 236 g/mol. The van der Waals surface area contributed by atoms with Gasteiger partial charge in [0.1, 0.15) is 5.78 Å². The normalized spacial score (nSPS) is 32.8. The fourth-order valence-corrected chi connectivity index (χ4v) is 5.25. The molecule has 1 fully saturated rings. The van der Waals surface area contributed by atoms with Gasteiger partial charge in [-0.25, -0.2) is 0 Å². The first-order valence-corrected chi connectivity index (χ1v) is 7.99. The van der Waals surface area contributed by atoms with Crippen molar-refractivity contribution in [3.05, 3.63) is 9.81 Å². The molecule has 0 aromatic rings. The fraction of sp³-hybridized carbons (Fsp3) is 0.769. The van der Waals surface area contributed by atoms with Gasteiger partial charge in [0, 0.05) is 10.2 Å². The Hall–Kier alpha value is 0.110. The highest BCUT2D eigenvalue weighted by atomic mass is 32.2. The molecule has 0 aromatic heterocycles. The second-order valence-corrected chi connectivity index (χ2v) is 7.88. The number of ketones is 1. The monoisotopic (exact) mass is 256 g/mol. The van der Waals surface area contributed by atoms with E-state index in [1.54, 1.807) is 12.5 Å². The number of carbonyl (C=O) groups is 1. The van der Waals surface area contributed by atoms with E-state index >= 15 is 0 Å². The van der Waals surface area contributed by atoms with Crippen molar-refractivity contribution in [3.8, 4) is 0 Å². The first-order chi connectivity index (χ1) is 7.44. The average molecular weight is 256 g/mol. The molecule has 0 saturated heterocycles. The zero-order valence-corrected chi connectivity index (χ0v) is 12.1. The lowest BCUT2D eigenvalue weighted by atomic mass is 9.69. The van der Waals surface area contributed by atoms with E-state index in [0.29, 0.717) is 17.1 Å². The topological polar surface area (TPSA) is 17.1 Å². The largest absolute Gasteiger partial charge is 0.299 e. The van der Waals surface area contributed by atoms with Gasteiger partial charge < -0.3 is 0 Å². The standard InChI is InChI=1S/C13H20OS2/c1-8(14)11-9-5-6-13(2,3)7-10(9)12(15-4)16-11/h9,11H,5-7H2,1-4H3. The number of hydrogen-bond donors (Lipinski definition) is 0. The van der Waals surface area contributed by atoms with Crippen LogP contribution < -0.4 is 0 Å². The van der Waals surface area contributed by atoms with Crippen molar-refractivity contribution in [2.75, 3.05) is 6.26 Å². The highest BCUT2D eigenvalue weighted by molar-refractivity contribution is 8.22. The molecule has 1 nitrogen and oxygen atoms in total. The first kappa shape index (κ1) is 12.6. The number of hydrogen-bond acceptors (Lipinski definition) is 3. The van der Waals surface area contributed by atoms with Gasteiger partial charge in [0.15, 0.2) is 0 Å². The van der Waals surface area contributed by atoms with E-state index in [1.807, 2.05) is 23.5 Å². The highest BCUT2D eigenvalue weighted by Gasteiger charge is 2.43. The van der Waals surface area contributed by atoms with Gasteiger partial charge in [-0.05, 0) is 43.4 Å². The molecule has 2 aliphatic rings. The summed E-state index contributed by atoms with van der Waals surface area (Å²) in [6.45, 7) is 6.44. The van der Waals surface area contributed by atoms with Crippen molar-refractivity contribution < 1.29 is 4.79 Å². The Morgan fingerprint density at radius 1 is 1.50 bits per heavy atom. The summed E-state index contributed by atoms with van der Waals surface area (Å²) in [4.78, 5) is 11.7. The summed E-state index contributed by atoms with van der Waals surface area (Å²) in [7, 11) is 0. The highest BCUT2D eigenvalue weighted by Crippen LogP contribution is 2.55. The van der Waals surface area contributed by atoms with Gasteiger partial charge in [-0.3, -0.25) is 4.79 Å². The Bertz CT molecular complexity index is 344. The van der Waals surface area contributed by atoms with Gasteiger partial charge in [0.2, 0.25) is 0 Å². The molecule has 0 spiro atoms. The van der Waals surface area contributed by atoms with E-state index in [0.717, 1.165) is 0 Å². The summed E-state index contributed by atoms with van der Waals surface area (Å²) < 4.78 is 1.43. The van der Waals surface area contributed by atoms with Crippen molar-refractivity contribution in [3.63, 3.8) is 0 Å². The zero-order valence-electron chi connectivity index (χ0n) is 10.5. The molecule has 0 aromatic carbocycles. The third-order valence-electron chi connectivity index (χ3n) is 3.70. The third kappa shape index (κ3) is 2.21. The lowest BCUT2D eigenvalue weighted by molar-refractivity contribution is -0.117. The van der Waals surface area contributed by atoms with E-state index in [-0.39, 0.29) is 5.25 Å². The molecule has 2 atom stereocenters. The van der Waals surface area contributed by atoms with Crippen LogP contribution in [0.2, 0.25) is 0 Å². The van der Waals surface area contributed by atoms with Crippen molar-refractivity contribution in [1.29, 1.82) is 0 Å². The summed E-state index contributed by atoms with van der Waals surface area (Å²) in [5.41, 5.74) is 2.01. The van der Waals surface area contributed by atoms with E-state index in [4.69, 9.17) is 0 Å². The summed E-state index contributed by atoms with van der Waals surface area (Å²) in [5.74, 6) is 0.897. The summed E-state index contributed by atoms with van der Waals surface area (Å²) in [6.07, 6.45) is 5.78. The SMILES string of the molecule is CSC1=C2CC(C)(C)CCC2C(C(C)=O)S1. The molecule has 0 N–H and O–H groups in total. The number of allylic oxidation sites excluding steroid dienone is 1. The Kier molecular flexibility index (Phi) is 3.47. The molecule has 3 heteroatoms. The van der Waals surface area contributed by atoms with Crippen LogP contribution in [0.1, 0.15) is 40.0 Å². The fourth-order valence-electron chi connectivity index (χ4n) is 2.83. The summed E-state index contributed by atoms with van der Waals surface area (Å²) in [6, 6.07) is 0. The maximum atomic E-state index is 11.7. The maximum absolute atomic E-state index is 11.7. The average Bonchev–Trinajstić information content (AvgIpc) is 2.54. The van der Waals surface area contributed by atoms with Gasteiger partial charge in [-0.15, -0.1) is 23.5 Å². The van der Waals surface area contributed by atoms with E-state index in [9.17, 15) is 4.79 Å². The van der Waals surface area contributed by atoms with Gasteiger partial charge in [0.25, 0.3) is 0 Å². The Labute approximate surface area is 107 Å². The van der Waals surface area contributed by atoms with Crippen LogP contribution in [-0.2, 0) is 4.79 Å². The first-order valence-electron chi connectivity index (χ1n) is 5.89. The molecule has 0 amide bonds. The Balaban J connectivity index is 2.26. The van der Waals surface area contributed by atoms with Crippen molar-refractivity contribution in [2.24, 2.45) is 11.3 Å². The molecule has 2 unspecified atom stereocenters. The molecule has 0 radical (unpaired) electrons.